The number of hydrazine groups is 1. The van der Waals surface area contributed by atoms with Gasteiger partial charge in [-0.25, -0.2) is 14.9 Å². The average Bonchev–Trinajstić information content (AvgIpc) is 3.51. The summed E-state index contributed by atoms with van der Waals surface area (Å²) in [5, 5.41) is 8.00. The third-order valence-corrected chi connectivity index (χ3v) is 6.30. The summed E-state index contributed by atoms with van der Waals surface area (Å²) in [6, 6.07) is 14.8. The number of amides is 3. The summed E-state index contributed by atoms with van der Waals surface area (Å²) in [6.07, 6.45) is 2.08. The molecule has 8 heteroatoms. The molecule has 3 unspecified atom stereocenters. The van der Waals surface area contributed by atoms with Crippen LogP contribution in [0.3, 0.4) is 0 Å². The number of hydrogen-bond donors (Lipinski definition) is 3. The molecule has 1 aromatic heterocycles. The molecule has 3 atom stereocenters. The molecule has 5 rings (SSSR count). The molecule has 8 nitrogen and oxygen atoms in total. The van der Waals surface area contributed by atoms with Crippen LogP contribution in [0.1, 0.15) is 40.9 Å². The van der Waals surface area contributed by atoms with Gasteiger partial charge in [-0.3, -0.25) is 15.0 Å². The van der Waals surface area contributed by atoms with Crippen LogP contribution in [0, 0.1) is 5.92 Å². The summed E-state index contributed by atoms with van der Waals surface area (Å²) in [6.45, 7) is 2.12. The maximum Gasteiger partial charge on any atom is 0.333 e. The van der Waals surface area contributed by atoms with Gasteiger partial charge in [0.15, 0.2) is 5.69 Å². The molecule has 1 heterocycles. The fourth-order valence-electron chi connectivity index (χ4n) is 4.74. The number of aromatic nitrogens is 2. The minimum absolute atomic E-state index is 0.0708. The Bertz CT molecular complexity index is 1250. The van der Waals surface area contributed by atoms with Crippen molar-refractivity contribution in [1.29, 1.82) is 0 Å². The molecular formula is C23H23N5O3. The lowest BCUT2D eigenvalue weighted by atomic mass is 9.92. The topological polar surface area (TPSA) is 105 Å². The summed E-state index contributed by atoms with van der Waals surface area (Å²) in [4.78, 5) is 37.6. The Labute approximate surface area is 178 Å². The summed E-state index contributed by atoms with van der Waals surface area (Å²) < 4.78 is 1.24. The monoisotopic (exact) mass is 417 g/mol. The molecule has 0 radical (unpaired) electrons. The molecule has 1 fully saturated rings. The largest absolute Gasteiger partial charge is 0.333 e. The Kier molecular flexibility index (Phi) is 4.69. The Balaban J connectivity index is 1.26. The van der Waals surface area contributed by atoms with Gasteiger partial charge in [0.25, 0.3) is 11.5 Å². The number of carbonyl (C=O) groups excluding carboxylic acids is 2. The van der Waals surface area contributed by atoms with Crippen LogP contribution < -0.4 is 21.7 Å². The number of nitrogens with zero attached hydrogens (tertiary/aromatic N) is 2. The normalized spacial score (nSPS) is 21.0. The van der Waals surface area contributed by atoms with E-state index in [1.807, 2.05) is 12.1 Å². The number of rotatable bonds is 3. The summed E-state index contributed by atoms with van der Waals surface area (Å²) in [5.74, 6) is 0.201. The maximum atomic E-state index is 12.7. The second-order valence-electron chi connectivity index (χ2n) is 8.02. The molecule has 31 heavy (non-hydrogen) atoms. The molecule has 0 saturated heterocycles. The van der Waals surface area contributed by atoms with Crippen molar-refractivity contribution in [3.05, 3.63) is 75.7 Å². The van der Waals surface area contributed by atoms with Gasteiger partial charge in [0.1, 0.15) is 0 Å². The molecule has 3 aromatic rings. The van der Waals surface area contributed by atoms with Crippen LogP contribution in [-0.4, -0.2) is 27.8 Å². The van der Waals surface area contributed by atoms with Crippen LogP contribution in [0.5, 0.6) is 0 Å². The van der Waals surface area contributed by atoms with Crippen molar-refractivity contribution in [3.63, 3.8) is 0 Å². The highest BCUT2D eigenvalue weighted by Gasteiger charge is 2.53. The van der Waals surface area contributed by atoms with E-state index in [0.29, 0.717) is 29.2 Å². The highest BCUT2D eigenvalue weighted by atomic mass is 16.2. The van der Waals surface area contributed by atoms with Gasteiger partial charge in [-0.05, 0) is 42.9 Å². The van der Waals surface area contributed by atoms with Crippen molar-refractivity contribution in [1.82, 2.24) is 25.9 Å². The highest BCUT2D eigenvalue weighted by Crippen LogP contribution is 2.54. The van der Waals surface area contributed by atoms with Crippen molar-refractivity contribution in [2.24, 2.45) is 5.92 Å². The first kappa shape index (κ1) is 19.3. The molecule has 0 aliphatic heterocycles. The highest BCUT2D eigenvalue weighted by molar-refractivity contribution is 6.05. The van der Waals surface area contributed by atoms with E-state index >= 15 is 0 Å². The number of aryl methyl sites for hydroxylation is 2. The predicted molar refractivity (Wildman–Crippen MR) is 116 cm³/mol. The number of fused-ring (bicyclic) bond motifs is 4. The molecular weight excluding hydrogens is 394 g/mol. The molecule has 158 valence electrons. The van der Waals surface area contributed by atoms with Crippen molar-refractivity contribution < 1.29 is 9.59 Å². The molecule has 0 spiro atoms. The second kappa shape index (κ2) is 7.54. The van der Waals surface area contributed by atoms with Gasteiger partial charge in [0.05, 0.1) is 5.39 Å². The minimum atomic E-state index is -0.577. The second-order valence-corrected chi connectivity index (χ2v) is 8.02. The van der Waals surface area contributed by atoms with Gasteiger partial charge in [0.2, 0.25) is 0 Å². The van der Waals surface area contributed by atoms with Crippen LogP contribution in [0.4, 0.5) is 4.79 Å². The van der Waals surface area contributed by atoms with Gasteiger partial charge >= 0.3 is 6.03 Å². The number of benzene rings is 2. The van der Waals surface area contributed by atoms with E-state index in [4.69, 9.17) is 0 Å². The number of hydrogen-bond acceptors (Lipinski definition) is 4. The van der Waals surface area contributed by atoms with Crippen LogP contribution in [0.25, 0.3) is 10.8 Å². The molecule has 2 aliphatic carbocycles. The lowest BCUT2D eigenvalue weighted by molar-refractivity contribution is 0.0930. The molecule has 3 N–H and O–H groups in total. The van der Waals surface area contributed by atoms with Crippen molar-refractivity contribution in [3.8, 4) is 0 Å². The van der Waals surface area contributed by atoms with E-state index in [-0.39, 0.29) is 17.3 Å². The van der Waals surface area contributed by atoms with E-state index in [2.05, 4.69) is 33.4 Å². The first-order valence-electron chi connectivity index (χ1n) is 10.5. The fourth-order valence-corrected chi connectivity index (χ4v) is 4.74. The fraction of sp³-hybridized carbons (Fsp3) is 0.304. The van der Waals surface area contributed by atoms with Gasteiger partial charge in [-0.2, -0.15) is 5.10 Å². The van der Waals surface area contributed by atoms with E-state index in [1.54, 1.807) is 31.2 Å². The van der Waals surface area contributed by atoms with Gasteiger partial charge in [-0.1, -0.05) is 42.5 Å². The molecule has 1 saturated carbocycles. The number of nitrogens with one attached hydrogen (secondary N) is 3. The standard InChI is InChI=1S/C23H23N5O3/c1-2-28-22(30)16-10-6-5-9-15(16)20(27-28)21(29)25-26-23(31)24-19-17-12-11-13-7-3-4-8-14(13)18(17)19/h3-10,17-19H,2,11-12H2,1H3,(H,25,29)(H2,24,26,31). The Morgan fingerprint density at radius 1 is 1.06 bits per heavy atom. The molecule has 2 aliphatic rings. The third kappa shape index (κ3) is 3.34. The van der Waals surface area contributed by atoms with Gasteiger partial charge in [0, 0.05) is 23.9 Å². The SMILES string of the molecule is CCn1nc(C(=O)NNC(=O)NC2C3CCc4ccccc4C32)c2ccccc2c1=O. The maximum absolute atomic E-state index is 12.7. The van der Waals surface area contributed by atoms with Crippen LogP contribution in [-0.2, 0) is 13.0 Å². The average molecular weight is 417 g/mol. The smallest absolute Gasteiger partial charge is 0.333 e. The van der Waals surface area contributed by atoms with E-state index in [1.165, 1.54) is 15.8 Å². The van der Waals surface area contributed by atoms with Crippen molar-refractivity contribution >= 4 is 22.7 Å². The quantitative estimate of drug-likeness (QED) is 0.568. The first-order valence-corrected chi connectivity index (χ1v) is 10.5. The Hall–Kier alpha value is -3.68. The summed E-state index contributed by atoms with van der Waals surface area (Å²) >= 11 is 0. The van der Waals surface area contributed by atoms with Crippen molar-refractivity contribution in [2.75, 3.05) is 0 Å². The minimum Gasteiger partial charge on any atom is -0.333 e. The number of carbonyl (C=O) groups is 2. The Morgan fingerprint density at radius 3 is 2.61 bits per heavy atom. The first-order chi connectivity index (χ1) is 15.1. The zero-order valence-corrected chi connectivity index (χ0v) is 17.1. The van der Waals surface area contributed by atoms with Gasteiger partial charge < -0.3 is 5.32 Å². The number of urea groups is 1. The summed E-state index contributed by atoms with van der Waals surface area (Å²) in [7, 11) is 0. The molecule has 0 bridgehead atoms. The lowest BCUT2D eigenvalue weighted by Crippen LogP contribution is -2.48. The van der Waals surface area contributed by atoms with Gasteiger partial charge in [-0.15, -0.1) is 0 Å². The van der Waals surface area contributed by atoms with E-state index in [9.17, 15) is 14.4 Å². The van der Waals surface area contributed by atoms with E-state index < -0.39 is 11.9 Å². The molecule has 2 aromatic carbocycles. The third-order valence-electron chi connectivity index (χ3n) is 6.30. The molecule has 3 amide bonds. The zero-order valence-electron chi connectivity index (χ0n) is 17.1. The van der Waals surface area contributed by atoms with Crippen LogP contribution in [0.15, 0.2) is 53.3 Å². The van der Waals surface area contributed by atoms with E-state index in [0.717, 1.165) is 12.8 Å². The van der Waals surface area contributed by atoms with Crippen LogP contribution >= 0.6 is 0 Å². The van der Waals surface area contributed by atoms with Crippen LogP contribution in [0.2, 0.25) is 0 Å². The zero-order chi connectivity index (χ0) is 21.5. The Morgan fingerprint density at radius 2 is 1.81 bits per heavy atom. The summed E-state index contributed by atoms with van der Waals surface area (Å²) in [5.41, 5.74) is 7.34. The predicted octanol–water partition coefficient (Wildman–Crippen LogP) is 2.09. The van der Waals surface area contributed by atoms with Crippen molar-refractivity contribution in [2.45, 2.75) is 38.3 Å². The lowest BCUT2D eigenvalue weighted by Gasteiger charge is -2.13.